The van der Waals surface area contributed by atoms with Crippen molar-refractivity contribution < 1.29 is 9.59 Å². The first-order valence-corrected chi connectivity index (χ1v) is 7.13. The highest BCUT2D eigenvalue weighted by molar-refractivity contribution is 6.09. The van der Waals surface area contributed by atoms with E-state index in [9.17, 15) is 9.59 Å². The van der Waals surface area contributed by atoms with Gasteiger partial charge in [-0.25, -0.2) is 0 Å². The Kier molecular flexibility index (Phi) is 2.29. The average molecular weight is 252 g/mol. The first-order valence-electron chi connectivity index (χ1n) is 7.13. The molecule has 19 heavy (non-hydrogen) atoms. The summed E-state index contributed by atoms with van der Waals surface area (Å²) in [4.78, 5) is 24.0. The molecule has 1 saturated carbocycles. The van der Waals surface area contributed by atoms with Gasteiger partial charge in [-0.1, -0.05) is 23.8 Å². The van der Waals surface area contributed by atoms with Gasteiger partial charge in [0.1, 0.15) is 5.78 Å². The molecule has 2 nitrogen and oxygen atoms in total. The molecule has 0 heterocycles. The summed E-state index contributed by atoms with van der Waals surface area (Å²) in [6.07, 6.45) is 12.2. The van der Waals surface area contributed by atoms with Crippen LogP contribution >= 0.6 is 0 Å². The van der Waals surface area contributed by atoms with Gasteiger partial charge in [-0.15, -0.1) is 0 Å². The highest BCUT2D eigenvalue weighted by Crippen LogP contribution is 2.48. The molecule has 2 atom stereocenters. The third-order valence-corrected chi connectivity index (χ3v) is 4.95. The van der Waals surface area contributed by atoms with Crippen molar-refractivity contribution in [2.45, 2.75) is 32.1 Å². The highest BCUT2D eigenvalue weighted by Gasteiger charge is 2.40. The van der Waals surface area contributed by atoms with Crippen LogP contribution in [0.25, 0.3) is 0 Å². The molecule has 0 bridgehead atoms. The largest absolute Gasteiger partial charge is 0.300 e. The smallest absolute Gasteiger partial charge is 0.183 e. The third kappa shape index (κ3) is 1.55. The van der Waals surface area contributed by atoms with E-state index >= 15 is 0 Å². The van der Waals surface area contributed by atoms with Crippen LogP contribution in [-0.4, -0.2) is 11.6 Å². The van der Waals surface area contributed by atoms with E-state index in [1.807, 2.05) is 12.2 Å². The Bertz CT molecular complexity index is 613. The molecule has 0 radical (unpaired) electrons. The predicted molar refractivity (Wildman–Crippen MR) is 72.4 cm³/mol. The van der Waals surface area contributed by atoms with Crippen molar-refractivity contribution in [2.24, 2.45) is 11.8 Å². The summed E-state index contributed by atoms with van der Waals surface area (Å²) in [6.45, 7) is 0. The van der Waals surface area contributed by atoms with Gasteiger partial charge < -0.3 is 0 Å². The van der Waals surface area contributed by atoms with E-state index in [0.29, 0.717) is 30.5 Å². The summed E-state index contributed by atoms with van der Waals surface area (Å²) in [6, 6.07) is 0. The van der Waals surface area contributed by atoms with Crippen molar-refractivity contribution in [2.75, 3.05) is 0 Å². The Morgan fingerprint density at radius 1 is 1.11 bits per heavy atom. The van der Waals surface area contributed by atoms with E-state index in [-0.39, 0.29) is 5.78 Å². The minimum absolute atomic E-state index is 0.192. The summed E-state index contributed by atoms with van der Waals surface area (Å²) >= 11 is 0. The quantitative estimate of drug-likeness (QED) is 0.664. The Balaban J connectivity index is 1.84. The lowest BCUT2D eigenvalue weighted by molar-refractivity contribution is -0.121. The molecule has 0 spiro atoms. The van der Waals surface area contributed by atoms with Crippen LogP contribution < -0.4 is 0 Å². The number of rotatable bonds is 0. The standard InChI is InChI=1S/C17H16O2/c18-12-5-7-14-11(8-12)4-6-15-13-3-1-2-10(13)9-16(19)17(14)15/h1-3,9,11,15H,4-8H2. The van der Waals surface area contributed by atoms with Crippen molar-refractivity contribution in [1.82, 2.24) is 0 Å². The molecule has 0 saturated heterocycles. The summed E-state index contributed by atoms with van der Waals surface area (Å²) in [5.41, 5.74) is 4.74. The minimum atomic E-state index is 0.192. The summed E-state index contributed by atoms with van der Waals surface area (Å²) < 4.78 is 0. The molecule has 4 rings (SSSR count). The molecule has 2 unspecified atom stereocenters. The van der Waals surface area contributed by atoms with E-state index in [2.05, 4.69) is 6.08 Å². The van der Waals surface area contributed by atoms with Gasteiger partial charge >= 0.3 is 0 Å². The van der Waals surface area contributed by atoms with Crippen molar-refractivity contribution in [3.8, 4) is 0 Å². The topological polar surface area (TPSA) is 34.1 Å². The summed E-state index contributed by atoms with van der Waals surface area (Å²) in [5, 5.41) is 0. The van der Waals surface area contributed by atoms with Crippen LogP contribution in [0.2, 0.25) is 0 Å². The molecular weight excluding hydrogens is 236 g/mol. The van der Waals surface area contributed by atoms with Gasteiger partial charge in [0.2, 0.25) is 0 Å². The van der Waals surface area contributed by atoms with Gasteiger partial charge in [0.05, 0.1) is 0 Å². The summed E-state index contributed by atoms with van der Waals surface area (Å²) in [5.74, 6) is 1.20. The second-order valence-corrected chi connectivity index (χ2v) is 5.95. The van der Waals surface area contributed by atoms with Crippen LogP contribution in [0.3, 0.4) is 0 Å². The number of allylic oxidation sites excluding steroid dienone is 8. The van der Waals surface area contributed by atoms with E-state index in [0.717, 1.165) is 30.4 Å². The maximum Gasteiger partial charge on any atom is 0.183 e. The first kappa shape index (κ1) is 11.2. The molecular formula is C17H16O2. The van der Waals surface area contributed by atoms with Crippen LogP contribution in [0.5, 0.6) is 0 Å². The van der Waals surface area contributed by atoms with E-state index in [1.54, 1.807) is 6.08 Å². The van der Waals surface area contributed by atoms with Crippen molar-refractivity contribution >= 4 is 11.6 Å². The Labute approximate surface area is 112 Å². The fourth-order valence-corrected chi connectivity index (χ4v) is 4.10. The number of hydrogen-bond acceptors (Lipinski definition) is 2. The zero-order chi connectivity index (χ0) is 13.0. The van der Waals surface area contributed by atoms with Crippen LogP contribution in [0.4, 0.5) is 0 Å². The Morgan fingerprint density at radius 3 is 2.89 bits per heavy atom. The molecule has 0 aromatic heterocycles. The molecule has 0 N–H and O–H groups in total. The van der Waals surface area contributed by atoms with Gasteiger partial charge in [0, 0.05) is 24.3 Å². The zero-order valence-corrected chi connectivity index (χ0v) is 10.8. The molecule has 0 aromatic rings. The third-order valence-electron chi connectivity index (χ3n) is 4.95. The Morgan fingerprint density at radius 2 is 2.00 bits per heavy atom. The molecule has 96 valence electrons. The fraction of sp³-hybridized carbons (Fsp3) is 0.412. The lowest BCUT2D eigenvalue weighted by atomic mass is 9.65. The van der Waals surface area contributed by atoms with Crippen LogP contribution in [0, 0.1) is 11.8 Å². The monoisotopic (exact) mass is 252 g/mol. The zero-order valence-electron chi connectivity index (χ0n) is 10.8. The Hall–Kier alpha value is -1.70. The number of fused-ring (bicyclic) bond motifs is 4. The van der Waals surface area contributed by atoms with Gasteiger partial charge in [-0.05, 0) is 42.4 Å². The van der Waals surface area contributed by atoms with Crippen LogP contribution in [0.15, 0.2) is 46.6 Å². The van der Waals surface area contributed by atoms with Gasteiger partial charge in [-0.2, -0.15) is 0 Å². The summed E-state index contributed by atoms with van der Waals surface area (Å²) in [7, 11) is 0. The second kappa shape index (κ2) is 3.89. The second-order valence-electron chi connectivity index (χ2n) is 5.95. The van der Waals surface area contributed by atoms with Gasteiger partial charge in [-0.3, -0.25) is 9.59 Å². The molecule has 0 amide bonds. The van der Waals surface area contributed by atoms with Crippen LogP contribution in [-0.2, 0) is 9.59 Å². The SMILES string of the molecule is O=C1CCC2=C3C(=O)C=C4C=CC=C4C3CCC2C1. The van der Waals surface area contributed by atoms with Crippen molar-refractivity contribution in [1.29, 1.82) is 0 Å². The molecule has 4 aliphatic carbocycles. The number of carbonyl (C=O) groups is 2. The lowest BCUT2D eigenvalue weighted by Gasteiger charge is -2.38. The molecule has 4 aliphatic rings. The molecule has 2 heteroatoms. The predicted octanol–water partition coefficient (Wildman–Crippen LogP) is 3.07. The van der Waals surface area contributed by atoms with Crippen LogP contribution in [0.1, 0.15) is 32.1 Å². The van der Waals surface area contributed by atoms with Crippen molar-refractivity contribution in [3.05, 3.63) is 46.6 Å². The van der Waals surface area contributed by atoms with Gasteiger partial charge in [0.25, 0.3) is 0 Å². The number of Topliss-reactive ketones (excluding diaryl/α,β-unsaturated/α-hetero) is 1. The molecule has 0 aromatic carbocycles. The lowest BCUT2D eigenvalue weighted by Crippen LogP contribution is -2.31. The number of hydrogen-bond donors (Lipinski definition) is 0. The van der Waals surface area contributed by atoms with Gasteiger partial charge in [0.15, 0.2) is 5.78 Å². The van der Waals surface area contributed by atoms with E-state index in [4.69, 9.17) is 0 Å². The fourth-order valence-electron chi connectivity index (χ4n) is 4.10. The highest BCUT2D eigenvalue weighted by atomic mass is 16.1. The van der Waals surface area contributed by atoms with Crippen molar-refractivity contribution in [3.63, 3.8) is 0 Å². The number of carbonyl (C=O) groups excluding carboxylic acids is 2. The maximum absolute atomic E-state index is 12.4. The van der Waals surface area contributed by atoms with E-state index in [1.165, 1.54) is 11.1 Å². The maximum atomic E-state index is 12.4. The average Bonchev–Trinajstić information content (AvgIpc) is 2.86. The minimum Gasteiger partial charge on any atom is -0.300 e. The number of ketones is 2. The molecule has 0 aliphatic heterocycles. The molecule has 1 fully saturated rings. The first-order chi connectivity index (χ1) is 9.24. The normalized spacial score (nSPS) is 32.6. The van der Waals surface area contributed by atoms with E-state index < -0.39 is 0 Å².